The Morgan fingerprint density at radius 3 is 2.28 bits per heavy atom. The minimum absolute atomic E-state index is 0.0545. The van der Waals surface area contributed by atoms with Crippen molar-refractivity contribution < 1.29 is 14.3 Å². The highest BCUT2D eigenvalue weighted by molar-refractivity contribution is 5.95. The maximum absolute atomic E-state index is 11.6. The second-order valence-corrected chi connectivity index (χ2v) is 6.36. The van der Waals surface area contributed by atoms with Crippen molar-refractivity contribution in [3.05, 3.63) is 59.2 Å². The molecule has 1 aromatic carbocycles. The first-order valence-electron chi connectivity index (χ1n) is 9.03. The Morgan fingerprint density at radius 2 is 1.60 bits per heavy atom. The summed E-state index contributed by atoms with van der Waals surface area (Å²) in [6.45, 7) is 6.32. The van der Waals surface area contributed by atoms with E-state index >= 15 is 0 Å². The first kappa shape index (κ1) is 20.9. The second kappa shape index (κ2) is 12.2. The van der Waals surface area contributed by atoms with E-state index in [1.165, 1.54) is 16.7 Å². The molecule has 0 fully saturated rings. The van der Waals surface area contributed by atoms with E-state index in [4.69, 9.17) is 4.74 Å². The van der Waals surface area contributed by atoms with Crippen LogP contribution in [0.1, 0.15) is 58.4 Å². The molecule has 136 valence electrons. The van der Waals surface area contributed by atoms with Crippen molar-refractivity contribution >= 4 is 11.8 Å². The largest absolute Gasteiger partial charge is 0.466 e. The molecule has 0 unspecified atom stereocenters. The molecule has 3 nitrogen and oxygen atoms in total. The van der Waals surface area contributed by atoms with Crippen LogP contribution in [0.3, 0.4) is 0 Å². The first-order chi connectivity index (χ1) is 12.0. The average Bonchev–Trinajstić information content (AvgIpc) is 2.55. The monoisotopic (exact) mass is 342 g/mol. The Labute approximate surface area is 151 Å². The molecular weight excluding hydrogens is 312 g/mol. The molecule has 0 aliphatic heterocycles. The van der Waals surface area contributed by atoms with Gasteiger partial charge in [0.1, 0.15) is 12.2 Å². The van der Waals surface area contributed by atoms with Crippen LogP contribution in [0.4, 0.5) is 0 Å². The molecule has 0 saturated carbocycles. The van der Waals surface area contributed by atoms with Gasteiger partial charge in [-0.1, -0.05) is 53.6 Å². The summed E-state index contributed by atoms with van der Waals surface area (Å²) in [5.74, 6) is -0.478. The maximum atomic E-state index is 11.6. The van der Waals surface area contributed by atoms with Crippen molar-refractivity contribution in [1.82, 2.24) is 0 Å². The summed E-state index contributed by atoms with van der Waals surface area (Å²) in [6.07, 6.45) is 8.37. The number of carbonyl (C=O) groups excluding carboxylic acids is 2. The van der Waals surface area contributed by atoms with Gasteiger partial charge in [-0.3, -0.25) is 9.59 Å². The topological polar surface area (TPSA) is 43.4 Å². The Morgan fingerprint density at radius 1 is 0.960 bits per heavy atom. The third-order valence-corrected chi connectivity index (χ3v) is 3.92. The van der Waals surface area contributed by atoms with Crippen molar-refractivity contribution in [2.45, 2.75) is 59.3 Å². The van der Waals surface area contributed by atoms with Crippen molar-refractivity contribution in [3.8, 4) is 0 Å². The van der Waals surface area contributed by atoms with E-state index in [-0.39, 0.29) is 12.2 Å². The molecule has 0 saturated heterocycles. The number of ether oxygens (including phenoxy) is 1. The van der Waals surface area contributed by atoms with Crippen LogP contribution in [0.2, 0.25) is 0 Å². The molecule has 0 atom stereocenters. The lowest BCUT2D eigenvalue weighted by molar-refractivity contribution is -0.145. The second-order valence-electron chi connectivity index (χ2n) is 6.36. The van der Waals surface area contributed by atoms with Gasteiger partial charge in [0, 0.05) is 6.42 Å². The van der Waals surface area contributed by atoms with E-state index in [9.17, 15) is 9.59 Å². The highest BCUT2D eigenvalue weighted by atomic mass is 16.5. The quantitative estimate of drug-likeness (QED) is 0.315. The number of Topliss-reactive ketones (excluding diaryl/α,β-unsaturated/α-hetero) is 1. The van der Waals surface area contributed by atoms with Gasteiger partial charge in [-0.25, -0.2) is 0 Å². The third kappa shape index (κ3) is 10.3. The Bertz CT molecular complexity index is 597. The highest BCUT2D eigenvalue weighted by Crippen LogP contribution is 2.12. The van der Waals surface area contributed by atoms with Gasteiger partial charge in [0.2, 0.25) is 0 Å². The molecule has 0 amide bonds. The van der Waals surface area contributed by atoms with Gasteiger partial charge in [-0.2, -0.15) is 0 Å². The van der Waals surface area contributed by atoms with Gasteiger partial charge in [0.15, 0.2) is 0 Å². The van der Waals surface area contributed by atoms with Gasteiger partial charge in [0.05, 0.1) is 6.61 Å². The Balaban J connectivity index is 2.25. The minimum Gasteiger partial charge on any atom is -0.466 e. The molecule has 0 aromatic heterocycles. The summed E-state index contributed by atoms with van der Waals surface area (Å²) in [5.41, 5.74) is 4.00. The van der Waals surface area contributed by atoms with Crippen LogP contribution in [0.25, 0.3) is 0 Å². The predicted molar refractivity (Wildman–Crippen MR) is 102 cm³/mol. The van der Waals surface area contributed by atoms with E-state index < -0.39 is 5.97 Å². The van der Waals surface area contributed by atoms with E-state index in [0.29, 0.717) is 19.4 Å². The molecule has 0 spiro atoms. The fourth-order valence-corrected chi connectivity index (χ4v) is 2.58. The normalized spacial score (nSPS) is 12.1. The minimum atomic E-state index is -0.424. The molecule has 0 aliphatic rings. The van der Waals surface area contributed by atoms with E-state index in [1.54, 1.807) is 6.92 Å². The van der Waals surface area contributed by atoms with Crippen molar-refractivity contribution in [1.29, 1.82) is 0 Å². The molecule has 1 rings (SSSR count). The van der Waals surface area contributed by atoms with Crippen LogP contribution < -0.4 is 0 Å². The lowest BCUT2D eigenvalue weighted by Gasteiger charge is -2.03. The molecular formula is C22H30O3. The van der Waals surface area contributed by atoms with Crippen LogP contribution in [-0.2, 0) is 20.7 Å². The summed E-state index contributed by atoms with van der Waals surface area (Å²) in [6, 6.07) is 10.5. The fraction of sp³-hybridized carbons (Fsp3) is 0.455. The van der Waals surface area contributed by atoms with Crippen LogP contribution >= 0.6 is 0 Å². The number of rotatable bonds is 11. The third-order valence-electron chi connectivity index (χ3n) is 3.92. The molecule has 0 bridgehead atoms. The molecule has 0 N–H and O–H groups in total. The predicted octanol–water partition coefficient (Wildman–Crippen LogP) is 5.20. The van der Waals surface area contributed by atoms with E-state index in [0.717, 1.165) is 19.3 Å². The smallest absolute Gasteiger partial charge is 0.313 e. The average molecular weight is 342 g/mol. The summed E-state index contributed by atoms with van der Waals surface area (Å²) in [7, 11) is 0. The Kier molecular flexibility index (Phi) is 10.2. The summed E-state index contributed by atoms with van der Waals surface area (Å²) < 4.78 is 4.78. The Hall–Kier alpha value is -2.16. The zero-order valence-electron chi connectivity index (χ0n) is 15.7. The van der Waals surface area contributed by atoms with Crippen molar-refractivity contribution in [2.75, 3.05) is 6.61 Å². The molecule has 0 heterocycles. The van der Waals surface area contributed by atoms with Crippen LogP contribution in [0.5, 0.6) is 0 Å². The molecule has 25 heavy (non-hydrogen) atoms. The summed E-state index contributed by atoms with van der Waals surface area (Å²) >= 11 is 0. The van der Waals surface area contributed by atoms with Gasteiger partial charge in [-0.05, 0) is 52.0 Å². The number of carbonyl (C=O) groups is 2. The summed E-state index contributed by atoms with van der Waals surface area (Å²) in [5, 5.41) is 0. The molecule has 1 aromatic rings. The SMILES string of the molecule is CCOC(=O)CC(=O)CC/C=C(\C)CC/C=C(\C)Cc1ccccc1. The van der Waals surface area contributed by atoms with Gasteiger partial charge >= 0.3 is 5.97 Å². The lowest BCUT2D eigenvalue weighted by atomic mass is 10.0. The van der Waals surface area contributed by atoms with Gasteiger partial charge in [0.25, 0.3) is 0 Å². The maximum Gasteiger partial charge on any atom is 0.313 e. The van der Waals surface area contributed by atoms with E-state index in [2.05, 4.69) is 50.3 Å². The van der Waals surface area contributed by atoms with Crippen molar-refractivity contribution in [2.24, 2.45) is 0 Å². The zero-order valence-corrected chi connectivity index (χ0v) is 15.7. The summed E-state index contributed by atoms with van der Waals surface area (Å²) in [4.78, 5) is 22.9. The van der Waals surface area contributed by atoms with Crippen LogP contribution in [0.15, 0.2) is 53.6 Å². The fourth-order valence-electron chi connectivity index (χ4n) is 2.58. The number of ketones is 1. The number of hydrogen-bond acceptors (Lipinski definition) is 3. The van der Waals surface area contributed by atoms with Gasteiger partial charge < -0.3 is 4.74 Å². The van der Waals surface area contributed by atoms with Crippen LogP contribution in [0, 0.1) is 0 Å². The lowest BCUT2D eigenvalue weighted by Crippen LogP contribution is -2.10. The van der Waals surface area contributed by atoms with Gasteiger partial charge in [-0.15, -0.1) is 0 Å². The first-order valence-corrected chi connectivity index (χ1v) is 9.03. The standard InChI is InChI=1S/C22H30O3/c1-4-25-22(24)17-21(23)15-9-11-18(2)10-8-12-19(3)16-20-13-6-5-7-14-20/h5-7,11-14H,4,8-10,15-17H2,1-3H3/b18-11+,19-12+. The number of allylic oxidation sites excluding steroid dienone is 4. The number of esters is 1. The number of benzene rings is 1. The molecule has 0 radical (unpaired) electrons. The zero-order chi connectivity index (χ0) is 18.5. The highest BCUT2D eigenvalue weighted by Gasteiger charge is 2.09. The van der Waals surface area contributed by atoms with Crippen molar-refractivity contribution in [3.63, 3.8) is 0 Å². The molecule has 3 heteroatoms. The van der Waals surface area contributed by atoms with E-state index in [1.807, 2.05) is 6.07 Å². The number of hydrogen-bond donors (Lipinski definition) is 0. The molecule has 0 aliphatic carbocycles. The van der Waals surface area contributed by atoms with Crippen LogP contribution in [-0.4, -0.2) is 18.4 Å².